The van der Waals surface area contributed by atoms with Gasteiger partial charge in [-0.1, -0.05) is 28.1 Å². The van der Waals surface area contributed by atoms with Gasteiger partial charge in [0.2, 0.25) is 0 Å². The number of nitrogens with two attached hydrogens (primary N) is 1. The second kappa shape index (κ2) is 6.58. The maximum Gasteiger partial charge on any atom is 0.341 e. The van der Waals surface area contributed by atoms with Crippen LogP contribution in [0.25, 0.3) is 0 Å². The summed E-state index contributed by atoms with van der Waals surface area (Å²) in [4.78, 5) is 18.0. The van der Waals surface area contributed by atoms with Gasteiger partial charge in [-0.05, 0) is 23.8 Å². The maximum atomic E-state index is 11.8. The van der Waals surface area contributed by atoms with Crippen LogP contribution < -0.4 is 10.6 Å². The van der Waals surface area contributed by atoms with E-state index in [1.807, 2.05) is 36.2 Å². The van der Waals surface area contributed by atoms with Gasteiger partial charge in [-0.3, -0.25) is 0 Å². The number of benzene rings is 1. The fraction of sp³-hybridized carbons (Fsp3) is 0.200. The lowest BCUT2D eigenvalue weighted by molar-refractivity contribution is 0.0601. The number of anilines is 2. The first-order chi connectivity index (χ1) is 10.0. The van der Waals surface area contributed by atoms with Crippen LogP contribution in [0.15, 0.2) is 41.0 Å². The normalized spacial score (nSPS) is 10.2. The van der Waals surface area contributed by atoms with Gasteiger partial charge in [-0.2, -0.15) is 0 Å². The van der Waals surface area contributed by atoms with Gasteiger partial charge in [0.25, 0.3) is 0 Å². The maximum absolute atomic E-state index is 11.8. The van der Waals surface area contributed by atoms with Crippen LogP contribution in [0.2, 0.25) is 0 Å². The van der Waals surface area contributed by atoms with Crippen molar-refractivity contribution in [3.05, 3.63) is 52.1 Å². The van der Waals surface area contributed by atoms with Crippen molar-refractivity contribution >= 4 is 33.4 Å². The van der Waals surface area contributed by atoms with Crippen LogP contribution in [0.1, 0.15) is 15.9 Å². The zero-order valence-corrected chi connectivity index (χ0v) is 13.4. The third-order valence-corrected chi connectivity index (χ3v) is 3.46. The Bertz CT molecular complexity index is 661. The van der Waals surface area contributed by atoms with E-state index in [0.29, 0.717) is 23.6 Å². The molecule has 5 nitrogen and oxygen atoms in total. The molecule has 1 aromatic heterocycles. The van der Waals surface area contributed by atoms with Crippen LogP contribution in [0, 0.1) is 0 Å². The lowest BCUT2D eigenvalue weighted by Crippen LogP contribution is -2.21. The average Bonchev–Trinajstić information content (AvgIpc) is 2.46. The molecule has 0 unspecified atom stereocenters. The van der Waals surface area contributed by atoms with E-state index in [0.717, 1.165) is 10.0 Å². The Kier molecular flexibility index (Phi) is 4.80. The number of rotatable bonds is 4. The lowest BCUT2D eigenvalue weighted by atomic mass is 10.2. The number of nitrogens with zero attached hydrogens (tertiary/aromatic N) is 2. The van der Waals surface area contributed by atoms with Crippen molar-refractivity contribution in [3.8, 4) is 0 Å². The molecule has 0 bridgehead atoms. The molecule has 0 radical (unpaired) electrons. The molecule has 2 rings (SSSR count). The summed E-state index contributed by atoms with van der Waals surface area (Å²) in [7, 11) is 3.20. The van der Waals surface area contributed by atoms with E-state index < -0.39 is 5.97 Å². The van der Waals surface area contributed by atoms with Gasteiger partial charge < -0.3 is 15.4 Å². The summed E-state index contributed by atoms with van der Waals surface area (Å²) in [5, 5.41) is 0. The molecule has 0 aliphatic carbocycles. The predicted molar refractivity (Wildman–Crippen MR) is 86.2 cm³/mol. The Morgan fingerprint density at radius 1 is 1.43 bits per heavy atom. The van der Waals surface area contributed by atoms with Crippen LogP contribution in [0.3, 0.4) is 0 Å². The Balaban J connectivity index is 2.30. The molecule has 0 atom stereocenters. The second-order valence-electron chi connectivity index (χ2n) is 4.62. The van der Waals surface area contributed by atoms with Crippen molar-refractivity contribution in [1.29, 1.82) is 0 Å². The van der Waals surface area contributed by atoms with Crippen molar-refractivity contribution in [3.63, 3.8) is 0 Å². The molecule has 0 spiro atoms. The van der Waals surface area contributed by atoms with Crippen LogP contribution >= 0.6 is 15.9 Å². The molecule has 2 N–H and O–H groups in total. The van der Waals surface area contributed by atoms with Crippen LogP contribution in [-0.2, 0) is 11.3 Å². The van der Waals surface area contributed by atoms with E-state index in [9.17, 15) is 4.79 Å². The molecule has 6 heteroatoms. The van der Waals surface area contributed by atoms with Gasteiger partial charge in [0.1, 0.15) is 11.4 Å². The predicted octanol–water partition coefficient (Wildman–Crippen LogP) is 2.85. The molecular formula is C15H16BrN3O2. The van der Waals surface area contributed by atoms with Crippen molar-refractivity contribution in [2.45, 2.75) is 6.54 Å². The van der Waals surface area contributed by atoms with Crippen molar-refractivity contribution < 1.29 is 9.53 Å². The number of nitrogen functional groups attached to an aromatic ring is 1. The van der Waals surface area contributed by atoms with Gasteiger partial charge in [0.15, 0.2) is 0 Å². The number of esters is 1. The van der Waals surface area contributed by atoms with Gasteiger partial charge in [-0.15, -0.1) is 0 Å². The van der Waals surface area contributed by atoms with Crippen molar-refractivity contribution in [2.24, 2.45) is 0 Å². The summed E-state index contributed by atoms with van der Waals surface area (Å²) >= 11 is 3.44. The molecule has 2 aromatic rings. The molecular weight excluding hydrogens is 334 g/mol. The summed E-state index contributed by atoms with van der Waals surface area (Å²) in [6.45, 7) is 0.611. The van der Waals surface area contributed by atoms with Gasteiger partial charge >= 0.3 is 5.97 Å². The smallest absolute Gasteiger partial charge is 0.341 e. The number of hydrogen-bond acceptors (Lipinski definition) is 5. The summed E-state index contributed by atoms with van der Waals surface area (Å²) in [6.07, 6.45) is 1.53. The molecule has 1 heterocycles. The van der Waals surface area contributed by atoms with Crippen LogP contribution in [0.4, 0.5) is 11.5 Å². The zero-order valence-electron chi connectivity index (χ0n) is 11.8. The largest absolute Gasteiger partial charge is 0.465 e. The van der Waals surface area contributed by atoms with Gasteiger partial charge in [0, 0.05) is 18.1 Å². The molecule has 0 saturated carbocycles. The Morgan fingerprint density at radius 3 is 2.86 bits per heavy atom. The number of methoxy groups -OCH3 is 1. The molecule has 110 valence electrons. The van der Waals surface area contributed by atoms with E-state index in [1.54, 1.807) is 6.07 Å². The topological polar surface area (TPSA) is 68.5 Å². The van der Waals surface area contributed by atoms with E-state index >= 15 is 0 Å². The van der Waals surface area contributed by atoms with Gasteiger partial charge in [-0.25, -0.2) is 9.78 Å². The van der Waals surface area contributed by atoms with Crippen LogP contribution in [0.5, 0.6) is 0 Å². The zero-order chi connectivity index (χ0) is 15.4. The first-order valence-electron chi connectivity index (χ1n) is 6.30. The minimum atomic E-state index is -0.453. The molecule has 0 fully saturated rings. The number of ether oxygens (including phenoxy) is 1. The second-order valence-corrected chi connectivity index (χ2v) is 5.53. The van der Waals surface area contributed by atoms with E-state index in [1.165, 1.54) is 13.3 Å². The minimum absolute atomic E-state index is 0.356. The number of aromatic nitrogens is 1. The highest BCUT2D eigenvalue weighted by atomic mass is 79.9. The fourth-order valence-corrected chi connectivity index (χ4v) is 2.47. The SMILES string of the molecule is COC(=O)c1cc(N)cnc1N(C)Cc1cccc(Br)c1. The van der Waals surface area contributed by atoms with Gasteiger partial charge in [0.05, 0.1) is 19.0 Å². The third-order valence-electron chi connectivity index (χ3n) is 2.96. The highest BCUT2D eigenvalue weighted by Gasteiger charge is 2.17. The average molecular weight is 350 g/mol. The molecule has 0 aliphatic rings. The summed E-state index contributed by atoms with van der Waals surface area (Å²) in [6, 6.07) is 9.53. The summed E-state index contributed by atoms with van der Waals surface area (Å²) < 4.78 is 5.79. The summed E-state index contributed by atoms with van der Waals surface area (Å²) in [5.41, 5.74) is 7.58. The number of halogens is 1. The number of carbonyl (C=O) groups is 1. The molecule has 0 saturated heterocycles. The molecule has 0 amide bonds. The standard InChI is InChI=1S/C15H16BrN3O2/c1-19(9-10-4-3-5-11(16)6-10)14-13(15(20)21-2)7-12(17)8-18-14/h3-8H,9,17H2,1-2H3. The number of carbonyl (C=O) groups excluding carboxylic acids is 1. The number of hydrogen-bond donors (Lipinski definition) is 1. The lowest BCUT2D eigenvalue weighted by Gasteiger charge is -2.20. The van der Waals surface area contributed by atoms with Crippen LogP contribution in [-0.4, -0.2) is 25.1 Å². The number of pyridine rings is 1. The highest BCUT2D eigenvalue weighted by Crippen LogP contribution is 2.22. The van der Waals surface area contributed by atoms with Crippen molar-refractivity contribution in [1.82, 2.24) is 4.98 Å². The third kappa shape index (κ3) is 3.72. The monoisotopic (exact) mass is 349 g/mol. The molecule has 0 aliphatic heterocycles. The molecule has 1 aromatic carbocycles. The first kappa shape index (κ1) is 15.3. The highest BCUT2D eigenvalue weighted by molar-refractivity contribution is 9.10. The fourth-order valence-electron chi connectivity index (χ4n) is 2.02. The van der Waals surface area contributed by atoms with E-state index in [2.05, 4.69) is 20.9 Å². The Hall–Kier alpha value is -2.08. The molecule has 21 heavy (non-hydrogen) atoms. The first-order valence-corrected chi connectivity index (χ1v) is 7.10. The summed E-state index contributed by atoms with van der Waals surface area (Å²) in [5.74, 6) is 0.0851. The van der Waals surface area contributed by atoms with E-state index in [4.69, 9.17) is 10.5 Å². The Morgan fingerprint density at radius 2 is 2.19 bits per heavy atom. The van der Waals surface area contributed by atoms with Crippen molar-refractivity contribution in [2.75, 3.05) is 24.8 Å². The Labute approximate surface area is 131 Å². The quantitative estimate of drug-likeness (QED) is 0.859. The minimum Gasteiger partial charge on any atom is -0.465 e. The van der Waals surface area contributed by atoms with E-state index in [-0.39, 0.29) is 0 Å².